The monoisotopic (exact) mass is 521 g/mol. The van der Waals surface area contributed by atoms with Gasteiger partial charge in [0.1, 0.15) is 0 Å². The first-order valence-electron chi connectivity index (χ1n) is 10.7. The number of amides is 2. The van der Waals surface area contributed by atoms with Gasteiger partial charge in [-0.05, 0) is 61.5 Å². The molecule has 0 saturated carbocycles. The molecule has 6 nitrogen and oxygen atoms in total. The Hall–Kier alpha value is -1.93. The maximum atomic E-state index is 13.0. The van der Waals surface area contributed by atoms with E-state index in [2.05, 4.69) is 20.8 Å². The third-order valence-corrected chi connectivity index (χ3v) is 7.13. The van der Waals surface area contributed by atoms with Gasteiger partial charge in [0.15, 0.2) is 0 Å². The molecule has 0 bridgehead atoms. The second-order valence-corrected chi connectivity index (χ2v) is 9.46. The summed E-state index contributed by atoms with van der Waals surface area (Å²) in [6, 6.07) is 12.2. The van der Waals surface area contributed by atoms with Crippen LogP contribution in [-0.2, 0) is 0 Å². The summed E-state index contributed by atoms with van der Waals surface area (Å²) in [5, 5.41) is 11.3. The zero-order chi connectivity index (χ0) is 23.4. The summed E-state index contributed by atoms with van der Waals surface area (Å²) < 4.78 is 0.961. The van der Waals surface area contributed by atoms with E-state index in [-0.39, 0.29) is 17.9 Å². The molecule has 172 valence electrons. The van der Waals surface area contributed by atoms with Crippen LogP contribution in [0.2, 0.25) is 5.02 Å². The van der Waals surface area contributed by atoms with Crippen LogP contribution in [0.4, 0.5) is 0 Å². The van der Waals surface area contributed by atoms with Crippen LogP contribution >= 0.6 is 27.5 Å². The number of likely N-dealkylation sites (tertiary alicyclic amines) is 1. The van der Waals surface area contributed by atoms with Gasteiger partial charge < -0.3 is 14.9 Å². The smallest absolute Gasteiger partial charge is 0.254 e. The average molecular weight is 523 g/mol. The Labute approximate surface area is 202 Å². The van der Waals surface area contributed by atoms with E-state index in [0.29, 0.717) is 48.9 Å². The summed E-state index contributed by atoms with van der Waals surface area (Å²) >= 11 is 9.37. The summed E-state index contributed by atoms with van der Waals surface area (Å²) in [7, 11) is 1.77. The van der Waals surface area contributed by atoms with Gasteiger partial charge in [0.05, 0.1) is 12.1 Å². The van der Waals surface area contributed by atoms with Gasteiger partial charge in [-0.2, -0.15) is 0 Å². The van der Waals surface area contributed by atoms with Crippen molar-refractivity contribution < 1.29 is 14.7 Å². The molecular formula is C24H29BrClN3O3. The number of hydrogen-bond donors (Lipinski definition) is 1. The van der Waals surface area contributed by atoms with Crippen LogP contribution in [0.3, 0.4) is 0 Å². The zero-order valence-electron chi connectivity index (χ0n) is 18.6. The van der Waals surface area contributed by atoms with E-state index in [4.69, 9.17) is 11.6 Å². The zero-order valence-corrected chi connectivity index (χ0v) is 20.9. The molecule has 0 radical (unpaired) electrons. The Kier molecular flexibility index (Phi) is 8.33. The number of carbonyl (C=O) groups excluding carboxylic acids is 2. The highest BCUT2D eigenvalue weighted by Crippen LogP contribution is 2.22. The fourth-order valence-corrected chi connectivity index (χ4v) is 4.38. The molecule has 1 aliphatic heterocycles. The molecular weight excluding hydrogens is 494 g/mol. The van der Waals surface area contributed by atoms with Crippen molar-refractivity contribution in [2.24, 2.45) is 0 Å². The van der Waals surface area contributed by atoms with Crippen molar-refractivity contribution in [1.29, 1.82) is 0 Å². The molecule has 2 aromatic rings. The number of aliphatic hydroxyl groups excluding tert-OH is 1. The third-order valence-electron chi connectivity index (χ3n) is 5.99. The molecule has 1 fully saturated rings. The first-order chi connectivity index (χ1) is 15.2. The Morgan fingerprint density at radius 2 is 1.78 bits per heavy atom. The molecule has 3 rings (SSSR count). The fraction of sp³-hybridized carbons (Fsp3) is 0.417. The van der Waals surface area contributed by atoms with E-state index in [1.807, 2.05) is 26.0 Å². The first-order valence-corrected chi connectivity index (χ1v) is 11.9. The number of aryl methyl sites for hydroxylation is 1. The largest absolute Gasteiger partial charge is 0.390 e. The van der Waals surface area contributed by atoms with Crippen LogP contribution in [0, 0.1) is 6.92 Å². The van der Waals surface area contributed by atoms with Crippen molar-refractivity contribution in [1.82, 2.24) is 14.7 Å². The lowest BCUT2D eigenvalue weighted by Gasteiger charge is -2.31. The molecule has 8 heteroatoms. The number of halogens is 2. The highest BCUT2D eigenvalue weighted by atomic mass is 79.9. The van der Waals surface area contributed by atoms with Gasteiger partial charge >= 0.3 is 0 Å². The molecule has 1 aliphatic rings. The highest BCUT2D eigenvalue weighted by molar-refractivity contribution is 9.10. The molecule has 1 heterocycles. The molecule has 0 aliphatic carbocycles. The van der Waals surface area contributed by atoms with E-state index in [1.54, 1.807) is 47.2 Å². The van der Waals surface area contributed by atoms with E-state index in [0.717, 1.165) is 10.0 Å². The van der Waals surface area contributed by atoms with Crippen molar-refractivity contribution in [2.45, 2.75) is 26.0 Å². The molecule has 2 amide bonds. The lowest BCUT2D eigenvalue weighted by Crippen LogP contribution is -2.47. The molecule has 1 saturated heterocycles. The lowest BCUT2D eigenvalue weighted by molar-refractivity contribution is 0.0676. The highest BCUT2D eigenvalue weighted by Gasteiger charge is 2.37. The minimum absolute atomic E-state index is 0.0757. The third kappa shape index (κ3) is 5.70. The molecule has 32 heavy (non-hydrogen) atoms. The topological polar surface area (TPSA) is 64.1 Å². The Bertz CT molecular complexity index is 969. The number of aliphatic hydroxyl groups is 1. The SMILES string of the molecule is CCN(CCN(C)C(=O)c1ccc(Cl)cc1)[C@@H]1CN(C(=O)c2ccc(Br)c(C)c2)C[C@H]1O. The molecule has 0 spiro atoms. The number of carbonyl (C=O) groups is 2. The van der Waals surface area contributed by atoms with Crippen molar-refractivity contribution >= 4 is 39.3 Å². The summed E-state index contributed by atoms with van der Waals surface area (Å²) in [6.45, 7) is 6.56. The van der Waals surface area contributed by atoms with E-state index in [9.17, 15) is 14.7 Å². The van der Waals surface area contributed by atoms with E-state index < -0.39 is 6.10 Å². The molecule has 2 atom stereocenters. The van der Waals surface area contributed by atoms with Crippen molar-refractivity contribution in [3.05, 3.63) is 68.7 Å². The fourth-order valence-electron chi connectivity index (χ4n) is 4.01. The molecule has 0 aromatic heterocycles. The second kappa shape index (κ2) is 10.8. The van der Waals surface area contributed by atoms with Gasteiger partial charge in [-0.15, -0.1) is 0 Å². The quantitative estimate of drug-likeness (QED) is 0.602. The minimum Gasteiger partial charge on any atom is -0.390 e. The standard InChI is InChI=1S/C24H29BrClN3O3/c1-4-28(12-11-27(3)23(31)17-5-8-19(26)9-6-17)21-14-29(15-22(21)30)24(32)18-7-10-20(25)16(2)13-18/h5-10,13,21-22,30H,4,11-12,14-15H2,1-3H3/t21-,22-/m1/s1. The summed E-state index contributed by atoms with van der Waals surface area (Å²) in [6.07, 6.45) is -0.632. The normalized spacial score (nSPS) is 18.3. The van der Waals surface area contributed by atoms with Crippen LogP contribution in [0.15, 0.2) is 46.9 Å². The summed E-state index contributed by atoms with van der Waals surface area (Å²) in [4.78, 5) is 31.1. The molecule has 2 aromatic carbocycles. The van der Waals surface area contributed by atoms with Gasteiger partial charge in [0.2, 0.25) is 0 Å². The van der Waals surface area contributed by atoms with Crippen LogP contribution in [0.25, 0.3) is 0 Å². The minimum atomic E-state index is -0.632. The van der Waals surface area contributed by atoms with Crippen molar-refractivity contribution in [2.75, 3.05) is 39.8 Å². The maximum absolute atomic E-state index is 13.0. The van der Waals surface area contributed by atoms with Crippen molar-refractivity contribution in [3.63, 3.8) is 0 Å². The average Bonchev–Trinajstić information content (AvgIpc) is 3.17. The van der Waals surface area contributed by atoms with Gasteiger partial charge in [-0.1, -0.05) is 34.5 Å². The van der Waals surface area contributed by atoms with Crippen molar-refractivity contribution in [3.8, 4) is 0 Å². The number of benzene rings is 2. The Balaban J connectivity index is 1.60. The Morgan fingerprint density at radius 3 is 2.41 bits per heavy atom. The Morgan fingerprint density at radius 1 is 1.12 bits per heavy atom. The number of rotatable bonds is 7. The van der Waals surface area contributed by atoms with Gasteiger partial charge in [0.25, 0.3) is 11.8 Å². The van der Waals surface area contributed by atoms with E-state index in [1.165, 1.54) is 0 Å². The van der Waals surface area contributed by atoms with Gasteiger partial charge in [-0.25, -0.2) is 0 Å². The summed E-state index contributed by atoms with van der Waals surface area (Å²) in [5.41, 5.74) is 2.20. The second-order valence-electron chi connectivity index (χ2n) is 8.17. The van der Waals surface area contributed by atoms with Crippen LogP contribution < -0.4 is 0 Å². The van der Waals surface area contributed by atoms with Crippen LogP contribution in [-0.4, -0.2) is 83.5 Å². The van der Waals surface area contributed by atoms with Gasteiger partial charge in [0, 0.05) is 53.8 Å². The predicted octanol–water partition coefficient (Wildman–Crippen LogP) is 3.69. The number of likely N-dealkylation sites (N-methyl/N-ethyl adjacent to an activating group) is 2. The number of hydrogen-bond acceptors (Lipinski definition) is 4. The molecule has 0 unspecified atom stereocenters. The predicted molar refractivity (Wildman–Crippen MR) is 130 cm³/mol. The van der Waals surface area contributed by atoms with Gasteiger partial charge in [-0.3, -0.25) is 14.5 Å². The summed E-state index contributed by atoms with van der Waals surface area (Å²) in [5.74, 6) is -0.152. The number of nitrogens with zero attached hydrogens (tertiary/aromatic N) is 3. The molecule has 1 N–H and O–H groups in total. The van der Waals surface area contributed by atoms with Crippen LogP contribution in [0.1, 0.15) is 33.2 Å². The van der Waals surface area contributed by atoms with E-state index >= 15 is 0 Å². The van der Waals surface area contributed by atoms with Crippen LogP contribution in [0.5, 0.6) is 0 Å². The maximum Gasteiger partial charge on any atom is 0.254 e. The lowest BCUT2D eigenvalue weighted by atomic mass is 10.1. The number of β-amino-alcohol motifs (C(OH)–C–C–N with tert-alkyl or cyclic N) is 1. The first kappa shape index (κ1) is 24.7.